The molecule has 6 aromatic rings. The molecule has 0 bridgehead atoms. The Balaban J connectivity index is 1.49. The normalized spacial score (nSPS) is 20.7. The summed E-state index contributed by atoms with van der Waals surface area (Å²) in [4.78, 5) is 0. The predicted octanol–water partition coefficient (Wildman–Crippen LogP) is 10.3. The first kappa shape index (κ1) is 38.0. The predicted molar refractivity (Wildman–Crippen MR) is 222 cm³/mol. The van der Waals surface area contributed by atoms with Gasteiger partial charge in [-0.3, -0.25) is 0 Å². The summed E-state index contributed by atoms with van der Waals surface area (Å²) in [5.41, 5.74) is 0. The standard InChI is InChI=1S/C41H44N3O8P3/c1-32-43-53(48-36-20-10-4-11-21-36)41(47-35-18-8-3-9-19-35)31-42-55(51-38-24-14-6-15-25-38,52-39-26-16-7-17-27-39)44(2)54(32,49-37-22-12-5-13-23-37)50-40-29-33(45)28-34(46)30-40/h3-30,32,41-42,45-46,53-55H,31H2,1-2H3. The molecular weight excluding hydrogens is 755 g/mol. The molecule has 0 saturated heterocycles. The van der Waals surface area contributed by atoms with E-state index in [9.17, 15) is 10.2 Å². The van der Waals surface area contributed by atoms with E-state index >= 15 is 0 Å². The summed E-state index contributed by atoms with van der Waals surface area (Å²) in [6, 6.07) is 51.3. The Bertz CT molecular complexity index is 2100. The van der Waals surface area contributed by atoms with E-state index in [0.29, 0.717) is 28.7 Å². The van der Waals surface area contributed by atoms with Gasteiger partial charge in [0.25, 0.3) is 0 Å². The molecule has 0 saturated carbocycles. The third-order valence-electron chi connectivity index (χ3n) is 8.68. The summed E-state index contributed by atoms with van der Waals surface area (Å²) < 4.78 is 49.4. The Morgan fingerprint density at radius 2 is 1.00 bits per heavy atom. The van der Waals surface area contributed by atoms with Gasteiger partial charge in [-0.05, 0) is 0 Å². The molecule has 11 nitrogen and oxygen atoms in total. The van der Waals surface area contributed by atoms with E-state index in [-0.39, 0.29) is 23.8 Å². The molecule has 1 aliphatic rings. The van der Waals surface area contributed by atoms with Crippen LogP contribution in [0.3, 0.4) is 0 Å². The van der Waals surface area contributed by atoms with Crippen LogP contribution >= 0.6 is 23.8 Å². The number of aromatic hydroxyl groups is 2. The van der Waals surface area contributed by atoms with Crippen LogP contribution in [-0.2, 0) is 0 Å². The molecule has 0 aromatic heterocycles. The van der Waals surface area contributed by atoms with Gasteiger partial charge in [-0.15, -0.1) is 0 Å². The summed E-state index contributed by atoms with van der Waals surface area (Å²) in [5, 5.41) is 25.1. The van der Waals surface area contributed by atoms with Crippen LogP contribution in [0.15, 0.2) is 175 Å². The van der Waals surface area contributed by atoms with Gasteiger partial charge in [0.15, 0.2) is 0 Å². The number of rotatable bonds is 12. The minimum atomic E-state index is -4.17. The number of phenolic OH excluding ortho intramolecular Hbond substituents is 2. The van der Waals surface area contributed by atoms with Crippen molar-refractivity contribution in [3.8, 4) is 46.0 Å². The summed E-state index contributed by atoms with van der Waals surface area (Å²) in [5.74, 6) is 1.23. The molecule has 55 heavy (non-hydrogen) atoms. The Hall–Kier alpha value is -5.27. The van der Waals surface area contributed by atoms with Crippen LogP contribution in [0, 0.1) is 0 Å². The Morgan fingerprint density at radius 3 is 1.49 bits per heavy atom. The van der Waals surface area contributed by atoms with E-state index in [1.807, 2.05) is 170 Å². The fourth-order valence-electron chi connectivity index (χ4n) is 6.03. The van der Waals surface area contributed by atoms with Gasteiger partial charge in [0.05, 0.1) is 0 Å². The number of phenols is 2. The van der Waals surface area contributed by atoms with Gasteiger partial charge in [-0.1, -0.05) is 0 Å². The second-order valence-corrected chi connectivity index (χ2v) is 20.7. The number of ether oxygens (including phenoxy) is 1. The second kappa shape index (κ2) is 17.5. The van der Waals surface area contributed by atoms with Crippen molar-refractivity contribution < 1.29 is 37.6 Å². The number of para-hydroxylation sites is 5. The molecule has 7 rings (SSSR count). The molecule has 0 aliphatic carbocycles. The average molecular weight is 800 g/mol. The Morgan fingerprint density at radius 1 is 0.582 bits per heavy atom. The monoisotopic (exact) mass is 799 g/mol. The van der Waals surface area contributed by atoms with E-state index < -0.39 is 35.5 Å². The fourth-order valence-corrected chi connectivity index (χ4v) is 16.1. The van der Waals surface area contributed by atoms with Gasteiger partial charge in [-0.25, -0.2) is 0 Å². The second-order valence-electron chi connectivity index (χ2n) is 12.7. The maximum absolute atomic E-state index is 10.7. The third kappa shape index (κ3) is 9.34. The van der Waals surface area contributed by atoms with Gasteiger partial charge in [-0.2, -0.15) is 0 Å². The van der Waals surface area contributed by atoms with E-state index in [4.69, 9.17) is 32.1 Å². The van der Waals surface area contributed by atoms with E-state index in [2.05, 4.69) is 5.09 Å². The van der Waals surface area contributed by atoms with E-state index in [1.54, 1.807) is 0 Å². The van der Waals surface area contributed by atoms with Crippen LogP contribution in [0.5, 0.6) is 46.0 Å². The van der Waals surface area contributed by atoms with Crippen molar-refractivity contribution in [1.29, 1.82) is 0 Å². The van der Waals surface area contributed by atoms with Crippen molar-refractivity contribution in [2.24, 2.45) is 4.74 Å². The van der Waals surface area contributed by atoms with Crippen molar-refractivity contribution in [3.05, 3.63) is 170 Å². The van der Waals surface area contributed by atoms with Crippen LogP contribution in [0.1, 0.15) is 6.92 Å². The van der Waals surface area contributed by atoms with Gasteiger partial charge < -0.3 is 0 Å². The first-order chi connectivity index (χ1) is 26.8. The number of nitrogens with one attached hydrogen (secondary N) is 1. The first-order valence-corrected chi connectivity index (χ1v) is 22.8. The molecule has 286 valence electrons. The zero-order chi connectivity index (χ0) is 38.1. The van der Waals surface area contributed by atoms with Crippen molar-refractivity contribution in [3.63, 3.8) is 0 Å². The first-order valence-electron chi connectivity index (χ1n) is 17.8. The van der Waals surface area contributed by atoms with Crippen molar-refractivity contribution in [2.75, 3.05) is 13.6 Å². The van der Waals surface area contributed by atoms with Crippen LogP contribution in [0.2, 0.25) is 0 Å². The molecule has 14 heteroatoms. The molecular formula is C41H44N3O8P3. The number of hydrogen-bond donors (Lipinski definition) is 3. The molecule has 0 radical (unpaired) electrons. The quantitative estimate of drug-likeness (QED) is 0.103. The zero-order valence-corrected chi connectivity index (χ0v) is 33.3. The summed E-state index contributed by atoms with van der Waals surface area (Å²) in [7, 11) is -8.76. The van der Waals surface area contributed by atoms with E-state index in [1.165, 1.54) is 18.2 Å². The number of benzene rings is 6. The molecule has 3 unspecified atom stereocenters. The number of nitrogens with zero attached hydrogens (tertiary/aromatic N) is 2. The van der Waals surface area contributed by atoms with Gasteiger partial charge in [0, 0.05) is 0 Å². The summed E-state index contributed by atoms with van der Waals surface area (Å²) in [6.45, 7) is 2.10. The molecule has 1 heterocycles. The minimum absolute atomic E-state index is 0.158. The Labute approximate surface area is 322 Å². The van der Waals surface area contributed by atoms with Crippen LogP contribution < -0.4 is 32.4 Å². The molecule has 1 aliphatic heterocycles. The topological polar surface area (TPSA) is 123 Å². The SMILES string of the molecule is CC1/N=[PH](/Oc2ccccc2)C(Oc2ccccc2)CN[PH](Oc2ccccc2)(Oc2ccccc2)N(C)[PH]1(Oc1ccccc1)Oc1cc(O)cc(O)c1. The average Bonchev–Trinajstić information content (AvgIpc) is 3.22. The van der Waals surface area contributed by atoms with Crippen molar-refractivity contribution >= 4 is 23.8 Å². The molecule has 0 amide bonds. The summed E-state index contributed by atoms with van der Waals surface area (Å²) in [6.07, 6.45) is 0. The van der Waals surface area contributed by atoms with Crippen LogP contribution in [0.4, 0.5) is 0 Å². The van der Waals surface area contributed by atoms with E-state index in [0.717, 1.165) is 0 Å². The maximum atomic E-state index is 10.7. The van der Waals surface area contributed by atoms with Gasteiger partial charge >= 0.3 is 324 Å². The molecule has 3 N–H and O–H groups in total. The van der Waals surface area contributed by atoms with Crippen LogP contribution in [0.25, 0.3) is 0 Å². The molecule has 0 fully saturated rings. The Kier molecular flexibility index (Phi) is 12.1. The summed E-state index contributed by atoms with van der Waals surface area (Å²) >= 11 is 0. The third-order valence-corrected chi connectivity index (χ3v) is 18.4. The number of hydrogen-bond acceptors (Lipinski definition) is 11. The molecule has 6 aromatic carbocycles. The van der Waals surface area contributed by atoms with Crippen molar-refractivity contribution in [1.82, 2.24) is 9.53 Å². The van der Waals surface area contributed by atoms with Crippen LogP contribution in [-0.4, -0.2) is 39.9 Å². The fraction of sp³-hybridized carbons (Fsp3) is 0.122. The van der Waals surface area contributed by atoms with Crippen molar-refractivity contribution in [2.45, 2.75) is 18.6 Å². The molecule has 3 atom stereocenters. The van der Waals surface area contributed by atoms with Gasteiger partial charge in [0.1, 0.15) is 0 Å². The zero-order valence-electron chi connectivity index (χ0n) is 30.3. The molecule has 0 spiro atoms. The van der Waals surface area contributed by atoms with Gasteiger partial charge in [0.2, 0.25) is 0 Å².